The van der Waals surface area contributed by atoms with Gasteiger partial charge in [0.15, 0.2) is 0 Å². The first kappa shape index (κ1) is 21.0. The normalized spacial score (nSPS) is 23.2. The Morgan fingerprint density at radius 3 is 1.93 bits per heavy atom. The topological polar surface area (TPSA) is 24.7 Å². The van der Waals surface area contributed by atoms with Crippen LogP contribution in [0.5, 0.6) is 0 Å². The molecule has 0 radical (unpaired) electrons. The average Bonchev–Trinajstić information content (AvgIpc) is 2.82. The maximum Gasteiger partial charge on any atom is 0.0719 e. The summed E-state index contributed by atoms with van der Waals surface area (Å²) in [5, 5.41) is 0. The number of aliphatic imine (C=N–C) groups is 2. The van der Waals surface area contributed by atoms with Gasteiger partial charge in [-0.3, -0.25) is 9.98 Å². The molecule has 0 aromatic heterocycles. The standard InChI is InChI=1S/C28H36N2/c1-29-27(23-13-5-2-6-14-23)26-19-11-12-22(20-26)21-30-28(24-15-7-3-8-16-24)25-17-9-4-10-18-25/h3-4,7-10,15-18,22-23,26H,2,5-6,11-14,19-21H2,1H3/b29-27+. The zero-order chi connectivity index (χ0) is 20.6. The Kier molecular flexibility index (Phi) is 7.50. The molecule has 2 heteroatoms. The minimum atomic E-state index is 0.673. The van der Waals surface area contributed by atoms with E-state index in [0.29, 0.717) is 11.8 Å². The van der Waals surface area contributed by atoms with Crippen molar-refractivity contribution in [1.82, 2.24) is 0 Å². The minimum absolute atomic E-state index is 0.673. The minimum Gasteiger partial charge on any atom is -0.297 e. The summed E-state index contributed by atoms with van der Waals surface area (Å²) in [6.45, 7) is 0.928. The van der Waals surface area contributed by atoms with Crippen LogP contribution in [0.2, 0.25) is 0 Å². The third kappa shape index (κ3) is 5.28. The van der Waals surface area contributed by atoms with Crippen LogP contribution >= 0.6 is 0 Å². The lowest BCUT2D eigenvalue weighted by atomic mass is 9.73. The Bertz CT molecular complexity index is 790. The molecule has 0 heterocycles. The van der Waals surface area contributed by atoms with Crippen molar-refractivity contribution in [3.63, 3.8) is 0 Å². The predicted molar refractivity (Wildman–Crippen MR) is 129 cm³/mol. The van der Waals surface area contributed by atoms with Crippen molar-refractivity contribution in [2.24, 2.45) is 27.7 Å². The molecule has 2 atom stereocenters. The van der Waals surface area contributed by atoms with Crippen LogP contribution in [0.25, 0.3) is 0 Å². The number of rotatable bonds is 6. The summed E-state index contributed by atoms with van der Waals surface area (Å²) in [4.78, 5) is 10.0. The van der Waals surface area contributed by atoms with E-state index in [9.17, 15) is 0 Å². The molecule has 2 saturated carbocycles. The zero-order valence-electron chi connectivity index (χ0n) is 18.5. The van der Waals surface area contributed by atoms with Crippen molar-refractivity contribution in [1.29, 1.82) is 0 Å². The van der Waals surface area contributed by atoms with Gasteiger partial charge in [0.2, 0.25) is 0 Å². The van der Waals surface area contributed by atoms with Crippen molar-refractivity contribution < 1.29 is 0 Å². The average molecular weight is 401 g/mol. The van der Waals surface area contributed by atoms with Gasteiger partial charge in [-0.05, 0) is 49.9 Å². The van der Waals surface area contributed by atoms with Gasteiger partial charge in [0, 0.05) is 30.4 Å². The van der Waals surface area contributed by atoms with E-state index in [1.165, 1.54) is 74.6 Å². The van der Waals surface area contributed by atoms with E-state index in [1.54, 1.807) is 0 Å². The molecule has 4 rings (SSSR count). The molecule has 2 fully saturated rings. The quantitative estimate of drug-likeness (QED) is 0.467. The van der Waals surface area contributed by atoms with Crippen LogP contribution in [-0.2, 0) is 0 Å². The van der Waals surface area contributed by atoms with Crippen molar-refractivity contribution in [3.8, 4) is 0 Å². The van der Waals surface area contributed by atoms with Gasteiger partial charge in [-0.15, -0.1) is 0 Å². The first-order valence-corrected chi connectivity index (χ1v) is 12.0. The van der Waals surface area contributed by atoms with Crippen molar-refractivity contribution >= 4 is 11.4 Å². The third-order valence-corrected chi connectivity index (χ3v) is 7.08. The fraction of sp³-hybridized carbons (Fsp3) is 0.500. The number of hydrogen-bond acceptors (Lipinski definition) is 2. The lowest BCUT2D eigenvalue weighted by molar-refractivity contribution is 0.311. The van der Waals surface area contributed by atoms with Crippen molar-refractivity contribution in [2.45, 2.75) is 57.8 Å². The Morgan fingerprint density at radius 1 is 0.733 bits per heavy atom. The summed E-state index contributed by atoms with van der Waals surface area (Å²) in [7, 11) is 2.04. The summed E-state index contributed by atoms with van der Waals surface area (Å²) in [5.41, 5.74) is 5.10. The van der Waals surface area contributed by atoms with Gasteiger partial charge in [-0.1, -0.05) is 86.3 Å². The summed E-state index contributed by atoms with van der Waals surface area (Å²) in [5.74, 6) is 2.11. The van der Waals surface area contributed by atoms with E-state index in [0.717, 1.165) is 18.2 Å². The second-order valence-corrected chi connectivity index (χ2v) is 9.13. The molecule has 0 N–H and O–H groups in total. The molecule has 0 saturated heterocycles. The molecule has 2 nitrogen and oxygen atoms in total. The highest BCUT2D eigenvalue weighted by Gasteiger charge is 2.30. The largest absolute Gasteiger partial charge is 0.297 e. The molecule has 158 valence electrons. The van der Waals surface area contributed by atoms with Crippen LogP contribution in [0.3, 0.4) is 0 Å². The maximum atomic E-state index is 5.20. The summed E-state index contributed by atoms with van der Waals surface area (Å²) in [6.07, 6.45) is 12.1. The van der Waals surface area contributed by atoms with E-state index in [1.807, 2.05) is 7.05 Å². The molecule has 2 aromatic rings. The third-order valence-electron chi connectivity index (χ3n) is 7.08. The molecular formula is C28H36N2. The van der Waals surface area contributed by atoms with Gasteiger partial charge in [-0.25, -0.2) is 0 Å². The summed E-state index contributed by atoms with van der Waals surface area (Å²) in [6, 6.07) is 21.3. The van der Waals surface area contributed by atoms with E-state index in [2.05, 4.69) is 60.7 Å². The first-order chi connectivity index (χ1) is 14.8. The van der Waals surface area contributed by atoms with Gasteiger partial charge in [-0.2, -0.15) is 0 Å². The highest BCUT2D eigenvalue weighted by molar-refractivity contribution is 6.12. The SMILES string of the molecule is C/N=C(\C1CCCCC1)C1CCCC(CN=C(c2ccccc2)c2ccccc2)C1. The molecule has 0 amide bonds. The Balaban J connectivity index is 1.48. The van der Waals surface area contributed by atoms with Crippen molar-refractivity contribution in [3.05, 3.63) is 71.8 Å². The molecule has 30 heavy (non-hydrogen) atoms. The zero-order valence-corrected chi connectivity index (χ0v) is 18.5. The van der Waals surface area contributed by atoms with E-state index >= 15 is 0 Å². The Labute approximate surface area is 182 Å². The molecule has 0 bridgehead atoms. The monoisotopic (exact) mass is 400 g/mol. The van der Waals surface area contributed by atoms with Gasteiger partial charge in [0.25, 0.3) is 0 Å². The van der Waals surface area contributed by atoms with Gasteiger partial charge in [0.05, 0.1) is 5.71 Å². The van der Waals surface area contributed by atoms with Crippen LogP contribution in [0.4, 0.5) is 0 Å². The number of benzene rings is 2. The summed E-state index contributed by atoms with van der Waals surface area (Å²) >= 11 is 0. The predicted octanol–water partition coefficient (Wildman–Crippen LogP) is 6.98. The fourth-order valence-electron chi connectivity index (χ4n) is 5.58. The lowest BCUT2D eigenvalue weighted by Gasteiger charge is -2.34. The molecule has 2 aliphatic rings. The second kappa shape index (κ2) is 10.7. The van der Waals surface area contributed by atoms with Crippen LogP contribution < -0.4 is 0 Å². The van der Waals surface area contributed by atoms with Crippen LogP contribution in [-0.4, -0.2) is 25.0 Å². The maximum absolute atomic E-state index is 5.20. The molecule has 2 aliphatic carbocycles. The van der Waals surface area contributed by atoms with Crippen LogP contribution in [0.1, 0.15) is 68.9 Å². The number of nitrogens with zero attached hydrogens (tertiary/aromatic N) is 2. The molecule has 0 aliphatic heterocycles. The highest BCUT2D eigenvalue weighted by Crippen LogP contribution is 2.36. The van der Waals surface area contributed by atoms with Gasteiger partial charge in [0.1, 0.15) is 0 Å². The molecule has 0 spiro atoms. The van der Waals surface area contributed by atoms with E-state index in [4.69, 9.17) is 9.98 Å². The van der Waals surface area contributed by atoms with Gasteiger partial charge < -0.3 is 0 Å². The molecule has 2 unspecified atom stereocenters. The molecule has 2 aromatic carbocycles. The molecular weight excluding hydrogens is 364 g/mol. The highest BCUT2D eigenvalue weighted by atomic mass is 14.8. The summed E-state index contributed by atoms with van der Waals surface area (Å²) < 4.78 is 0. The van der Waals surface area contributed by atoms with Crippen molar-refractivity contribution in [2.75, 3.05) is 13.6 Å². The Morgan fingerprint density at radius 2 is 1.33 bits per heavy atom. The van der Waals surface area contributed by atoms with E-state index < -0.39 is 0 Å². The van der Waals surface area contributed by atoms with Gasteiger partial charge >= 0.3 is 0 Å². The van der Waals surface area contributed by atoms with E-state index in [-0.39, 0.29) is 0 Å². The van der Waals surface area contributed by atoms with Crippen LogP contribution in [0, 0.1) is 17.8 Å². The number of hydrogen-bond donors (Lipinski definition) is 0. The Hall–Kier alpha value is -2.22. The fourth-order valence-corrected chi connectivity index (χ4v) is 5.58. The second-order valence-electron chi connectivity index (χ2n) is 9.13. The van der Waals surface area contributed by atoms with Crippen LogP contribution in [0.15, 0.2) is 70.6 Å². The smallest absolute Gasteiger partial charge is 0.0719 e. The lowest BCUT2D eigenvalue weighted by Crippen LogP contribution is -2.30. The first-order valence-electron chi connectivity index (χ1n) is 12.0.